The first-order valence-corrected chi connectivity index (χ1v) is 8.20. The third-order valence-electron chi connectivity index (χ3n) is 4.30. The molecule has 0 bridgehead atoms. The summed E-state index contributed by atoms with van der Waals surface area (Å²) in [5.74, 6) is -1.45. The van der Waals surface area contributed by atoms with E-state index in [9.17, 15) is 19.5 Å². The predicted molar refractivity (Wildman–Crippen MR) is 91.1 cm³/mol. The molecule has 0 saturated heterocycles. The Balaban J connectivity index is 2.05. The van der Waals surface area contributed by atoms with Crippen molar-refractivity contribution in [1.82, 2.24) is 5.32 Å². The Morgan fingerprint density at radius 1 is 1.29 bits per heavy atom. The molecule has 130 valence electrons. The summed E-state index contributed by atoms with van der Waals surface area (Å²) >= 11 is 0. The fraction of sp³-hybridized carbons (Fsp3) is 0.500. The molecule has 0 aliphatic carbocycles. The molecule has 1 aromatic carbocycles. The first kappa shape index (κ1) is 18.0. The number of benzene rings is 1. The number of nitrogens with zero attached hydrogens (tertiary/aromatic N) is 1. The molecule has 2 rings (SSSR count). The van der Waals surface area contributed by atoms with Gasteiger partial charge in [-0.3, -0.25) is 14.4 Å². The van der Waals surface area contributed by atoms with Gasteiger partial charge in [0, 0.05) is 31.3 Å². The molecule has 2 amide bonds. The van der Waals surface area contributed by atoms with Gasteiger partial charge in [-0.25, -0.2) is 0 Å². The fourth-order valence-electron chi connectivity index (χ4n) is 2.96. The third kappa shape index (κ3) is 4.13. The molecule has 6 heteroatoms. The van der Waals surface area contributed by atoms with Crippen molar-refractivity contribution >= 4 is 23.5 Å². The number of aliphatic carboxylic acids is 1. The van der Waals surface area contributed by atoms with E-state index >= 15 is 0 Å². The van der Waals surface area contributed by atoms with E-state index in [1.807, 2.05) is 13.8 Å². The minimum atomic E-state index is -0.894. The average molecular weight is 332 g/mol. The fourth-order valence-corrected chi connectivity index (χ4v) is 2.96. The molecular weight excluding hydrogens is 308 g/mol. The summed E-state index contributed by atoms with van der Waals surface area (Å²) in [5, 5.41) is 11.9. The van der Waals surface area contributed by atoms with Crippen LogP contribution in [-0.4, -0.2) is 36.5 Å². The number of carbonyl (C=O) groups excluding carboxylic acids is 2. The molecule has 1 heterocycles. The van der Waals surface area contributed by atoms with Gasteiger partial charge in [0.15, 0.2) is 0 Å². The monoisotopic (exact) mass is 332 g/mol. The summed E-state index contributed by atoms with van der Waals surface area (Å²) in [6.45, 7) is 4.03. The Labute approximate surface area is 141 Å². The van der Waals surface area contributed by atoms with Crippen molar-refractivity contribution in [2.24, 2.45) is 11.8 Å². The highest BCUT2D eigenvalue weighted by molar-refractivity contribution is 5.99. The third-order valence-corrected chi connectivity index (χ3v) is 4.30. The number of aryl methyl sites for hydroxylation is 1. The van der Waals surface area contributed by atoms with Gasteiger partial charge in [0.05, 0.1) is 5.92 Å². The van der Waals surface area contributed by atoms with Gasteiger partial charge < -0.3 is 15.3 Å². The number of amides is 2. The van der Waals surface area contributed by atoms with Crippen molar-refractivity contribution in [2.75, 3.05) is 18.5 Å². The number of hydrogen-bond acceptors (Lipinski definition) is 3. The minimum Gasteiger partial charge on any atom is -0.481 e. The Morgan fingerprint density at radius 3 is 2.62 bits per heavy atom. The number of carboxylic acid groups (broad SMARTS) is 1. The van der Waals surface area contributed by atoms with Gasteiger partial charge in [-0.1, -0.05) is 13.8 Å². The molecule has 0 saturated carbocycles. The Hall–Kier alpha value is -2.37. The van der Waals surface area contributed by atoms with E-state index < -0.39 is 11.9 Å². The zero-order chi connectivity index (χ0) is 17.9. The molecule has 1 aliphatic heterocycles. The Morgan fingerprint density at radius 2 is 2.00 bits per heavy atom. The summed E-state index contributed by atoms with van der Waals surface area (Å²) < 4.78 is 0. The zero-order valence-corrected chi connectivity index (χ0v) is 14.3. The van der Waals surface area contributed by atoms with E-state index in [1.165, 1.54) is 0 Å². The van der Waals surface area contributed by atoms with Crippen LogP contribution in [0.15, 0.2) is 18.2 Å². The number of nitrogens with one attached hydrogen (secondary N) is 1. The maximum atomic E-state index is 12.3. The largest absolute Gasteiger partial charge is 0.481 e. The lowest BCUT2D eigenvalue weighted by Crippen LogP contribution is -2.34. The molecule has 0 radical (unpaired) electrons. The predicted octanol–water partition coefficient (Wildman–Crippen LogP) is 2.07. The topological polar surface area (TPSA) is 86.7 Å². The van der Waals surface area contributed by atoms with Crippen molar-refractivity contribution in [2.45, 2.75) is 33.1 Å². The lowest BCUT2D eigenvalue weighted by molar-refractivity contribution is -0.142. The molecule has 0 aromatic heterocycles. The van der Waals surface area contributed by atoms with Crippen LogP contribution in [0.4, 0.5) is 5.69 Å². The number of anilines is 1. The SMILES string of the molecule is CC(C)CC(CNC(=O)c1ccc2c(c1)CCC(=O)N2C)C(=O)O. The van der Waals surface area contributed by atoms with E-state index in [1.54, 1.807) is 30.1 Å². The maximum absolute atomic E-state index is 12.3. The van der Waals surface area contributed by atoms with Crippen LogP contribution in [-0.2, 0) is 16.0 Å². The number of hydrogen-bond donors (Lipinski definition) is 2. The number of carboxylic acids is 1. The number of fused-ring (bicyclic) bond motifs is 1. The van der Waals surface area contributed by atoms with E-state index in [0.29, 0.717) is 24.8 Å². The second-order valence-electron chi connectivity index (χ2n) is 6.67. The van der Waals surface area contributed by atoms with Crippen LogP contribution in [0.3, 0.4) is 0 Å². The van der Waals surface area contributed by atoms with Crippen LogP contribution < -0.4 is 10.2 Å². The normalized spacial score (nSPS) is 15.2. The van der Waals surface area contributed by atoms with Crippen molar-refractivity contribution in [3.63, 3.8) is 0 Å². The van der Waals surface area contributed by atoms with Gasteiger partial charge in [0.25, 0.3) is 5.91 Å². The van der Waals surface area contributed by atoms with Crippen LogP contribution in [0.2, 0.25) is 0 Å². The molecule has 0 spiro atoms. The van der Waals surface area contributed by atoms with Gasteiger partial charge in [0.1, 0.15) is 0 Å². The summed E-state index contributed by atoms with van der Waals surface area (Å²) in [5.41, 5.74) is 2.28. The highest BCUT2D eigenvalue weighted by Crippen LogP contribution is 2.27. The summed E-state index contributed by atoms with van der Waals surface area (Å²) in [4.78, 5) is 36.9. The average Bonchev–Trinajstić information content (AvgIpc) is 2.53. The van der Waals surface area contributed by atoms with Gasteiger partial charge in [-0.2, -0.15) is 0 Å². The minimum absolute atomic E-state index is 0.0673. The quantitative estimate of drug-likeness (QED) is 0.835. The molecule has 1 aromatic rings. The molecule has 1 aliphatic rings. The van der Waals surface area contributed by atoms with Gasteiger partial charge in [0.2, 0.25) is 5.91 Å². The van der Waals surface area contributed by atoms with Gasteiger partial charge in [-0.15, -0.1) is 0 Å². The van der Waals surface area contributed by atoms with Gasteiger partial charge >= 0.3 is 5.97 Å². The zero-order valence-electron chi connectivity index (χ0n) is 14.3. The molecule has 2 N–H and O–H groups in total. The van der Waals surface area contributed by atoms with Crippen molar-refractivity contribution in [1.29, 1.82) is 0 Å². The second-order valence-corrected chi connectivity index (χ2v) is 6.67. The van der Waals surface area contributed by atoms with Crippen molar-refractivity contribution < 1.29 is 19.5 Å². The van der Waals surface area contributed by atoms with E-state index in [0.717, 1.165) is 11.3 Å². The molecular formula is C18H24N2O4. The lowest BCUT2D eigenvalue weighted by Gasteiger charge is -2.26. The lowest BCUT2D eigenvalue weighted by atomic mass is 9.96. The molecule has 1 atom stereocenters. The summed E-state index contributed by atoms with van der Waals surface area (Å²) in [6, 6.07) is 5.22. The smallest absolute Gasteiger partial charge is 0.308 e. The standard InChI is InChI=1S/C18H24N2O4/c1-11(2)8-14(18(23)24)10-19-17(22)13-4-6-15-12(9-13)5-7-16(21)20(15)3/h4,6,9,11,14H,5,7-8,10H2,1-3H3,(H,19,22)(H,23,24). The molecule has 1 unspecified atom stereocenters. The molecule has 24 heavy (non-hydrogen) atoms. The maximum Gasteiger partial charge on any atom is 0.308 e. The van der Waals surface area contributed by atoms with Crippen LogP contribution in [0, 0.1) is 11.8 Å². The van der Waals surface area contributed by atoms with Crippen molar-refractivity contribution in [3.8, 4) is 0 Å². The molecule has 6 nitrogen and oxygen atoms in total. The number of rotatable bonds is 6. The van der Waals surface area contributed by atoms with E-state index in [-0.39, 0.29) is 24.3 Å². The van der Waals surface area contributed by atoms with Crippen molar-refractivity contribution in [3.05, 3.63) is 29.3 Å². The van der Waals surface area contributed by atoms with Gasteiger partial charge in [-0.05, 0) is 42.5 Å². The van der Waals surface area contributed by atoms with Crippen LogP contribution in [0.1, 0.15) is 42.6 Å². The van der Waals surface area contributed by atoms with Crippen LogP contribution in [0.25, 0.3) is 0 Å². The first-order valence-electron chi connectivity index (χ1n) is 8.20. The van der Waals surface area contributed by atoms with Crippen LogP contribution >= 0.6 is 0 Å². The summed E-state index contributed by atoms with van der Waals surface area (Å²) in [7, 11) is 1.73. The Bertz CT molecular complexity index is 654. The van der Waals surface area contributed by atoms with E-state index in [2.05, 4.69) is 5.32 Å². The summed E-state index contributed by atoms with van der Waals surface area (Å²) in [6.07, 6.45) is 1.57. The highest BCUT2D eigenvalue weighted by atomic mass is 16.4. The number of carbonyl (C=O) groups is 3. The van der Waals surface area contributed by atoms with Crippen LogP contribution in [0.5, 0.6) is 0 Å². The van der Waals surface area contributed by atoms with E-state index in [4.69, 9.17) is 0 Å². The first-order chi connectivity index (χ1) is 11.3. The molecule has 0 fully saturated rings. The highest BCUT2D eigenvalue weighted by Gasteiger charge is 2.23. The second kappa shape index (κ2) is 7.47. The Kier molecular flexibility index (Phi) is 5.59.